The third kappa shape index (κ3) is 3.41. The van der Waals surface area contributed by atoms with Gasteiger partial charge < -0.3 is 9.64 Å². The van der Waals surface area contributed by atoms with Crippen LogP contribution in [0.15, 0.2) is 18.2 Å². The van der Waals surface area contributed by atoms with Crippen LogP contribution in [0.3, 0.4) is 0 Å². The van der Waals surface area contributed by atoms with E-state index in [2.05, 4.69) is 18.0 Å². The molecule has 0 aromatic heterocycles. The van der Waals surface area contributed by atoms with Crippen molar-refractivity contribution in [2.24, 2.45) is 0 Å². The van der Waals surface area contributed by atoms with Gasteiger partial charge >= 0.3 is 5.97 Å². The van der Waals surface area contributed by atoms with E-state index >= 15 is 0 Å². The second-order valence-corrected chi connectivity index (χ2v) is 6.43. The lowest BCUT2D eigenvalue weighted by atomic mass is 10.0. The number of carbonyl (C=O) groups is 1. The lowest BCUT2D eigenvalue weighted by molar-refractivity contribution is -0.000466. The van der Waals surface area contributed by atoms with E-state index < -0.39 is 0 Å². The molecule has 2 saturated heterocycles. The molecule has 4 heteroatoms. The van der Waals surface area contributed by atoms with Gasteiger partial charge in [-0.05, 0) is 45.9 Å². The Kier molecular flexibility index (Phi) is 4.95. The van der Waals surface area contributed by atoms with Crippen LogP contribution in [-0.2, 0) is 4.74 Å². The van der Waals surface area contributed by atoms with Gasteiger partial charge in [0, 0.05) is 24.9 Å². The van der Waals surface area contributed by atoms with E-state index in [9.17, 15) is 4.79 Å². The smallest absolute Gasteiger partial charge is 0.338 e. The zero-order chi connectivity index (χ0) is 14.3. The van der Waals surface area contributed by atoms with Crippen LogP contribution in [-0.4, -0.2) is 36.1 Å². The molecular formula is C17H24ClNO2. The Morgan fingerprint density at radius 2 is 1.62 bits per heavy atom. The molecule has 2 bridgehead atoms. The second-order valence-electron chi connectivity index (χ2n) is 6.43. The summed E-state index contributed by atoms with van der Waals surface area (Å²) in [6.07, 6.45) is 4.57. The minimum atomic E-state index is -0.161. The summed E-state index contributed by atoms with van der Waals surface area (Å²) in [6, 6.07) is 7.11. The van der Waals surface area contributed by atoms with Gasteiger partial charge in [0.2, 0.25) is 0 Å². The first-order valence-electron chi connectivity index (χ1n) is 7.54. The molecule has 0 aliphatic carbocycles. The van der Waals surface area contributed by atoms with Crippen molar-refractivity contribution in [2.45, 2.75) is 57.7 Å². The zero-order valence-corrected chi connectivity index (χ0v) is 13.8. The first-order chi connectivity index (χ1) is 9.52. The SMILES string of the molecule is Cc1cc(C)cc(C(=O)OC2CC3CCC(C2)N3C)c1.Cl. The fourth-order valence-corrected chi connectivity index (χ4v) is 3.77. The molecule has 1 aromatic carbocycles. The highest BCUT2D eigenvalue weighted by Gasteiger charge is 2.39. The predicted molar refractivity (Wildman–Crippen MR) is 86.2 cm³/mol. The van der Waals surface area contributed by atoms with Crippen molar-refractivity contribution >= 4 is 18.4 Å². The van der Waals surface area contributed by atoms with Gasteiger partial charge in [0.1, 0.15) is 6.10 Å². The molecule has 2 aliphatic rings. The van der Waals surface area contributed by atoms with Gasteiger partial charge in [-0.3, -0.25) is 0 Å². The van der Waals surface area contributed by atoms with E-state index in [1.54, 1.807) is 0 Å². The number of aryl methyl sites for hydroxylation is 2. The number of halogens is 1. The molecule has 21 heavy (non-hydrogen) atoms. The third-order valence-corrected chi connectivity index (χ3v) is 4.79. The number of nitrogens with zero attached hydrogens (tertiary/aromatic N) is 1. The molecule has 3 rings (SSSR count). The van der Waals surface area contributed by atoms with Crippen molar-refractivity contribution in [1.82, 2.24) is 4.90 Å². The summed E-state index contributed by atoms with van der Waals surface area (Å²) in [5.74, 6) is -0.161. The molecule has 2 heterocycles. The summed E-state index contributed by atoms with van der Waals surface area (Å²) < 4.78 is 5.75. The van der Waals surface area contributed by atoms with Gasteiger partial charge in [0.05, 0.1) is 5.56 Å². The van der Waals surface area contributed by atoms with Crippen LogP contribution in [0.25, 0.3) is 0 Å². The van der Waals surface area contributed by atoms with Crippen molar-refractivity contribution in [1.29, 1.82) is 0 Å². The summed E-state index contributed by atoms with van der Waals surface area (Å²) in [7, 11) is 2.20. The molecule has 0 spiro atoms. The normalized spacial score (nSPS) is 28.0. The molecule has 116 valence electrons. The Hall–Kier alpha value is -1.06. The Morgan fingerprint density at radius 1 is 1.10 bits per heavy atom. The van der Waals surface area contributed by atoms with Crippen molar-refractivity contribution in [3.63, 3.8) is 0 Å². The van der Waals surface area contributed by atoms with E-state index in [0.717, 1.165) is 24.0 Å². The van der Waals surface area contributed by atoms with Crippen LogP contribution in [0.5, 0.6) is 0 Å². The Balaban J connectivity index is 0.00000161. The maximum Gasteiger partial charge on any atom is 0.338 e. The number of carbonyl (C=O) groups excluding carboxylic acids is 1. The Morgan fingerprint density at radius 3 is 2.14 bits per heavy atom. The van der Waals surface area contributed by atoms with Gasteiger partial charge in [0.15, 0.2) is 0 Å². The van der Waals surface area contributed by atoms with Crippen LogP contribution >= 0.6 is 12.4 Å². The number of hydrogen-bond acceptors (Lipinski definition) is 3. The molecule has 2 aliphatic heterocycles. The van der Waals surface area contributed by atoms with Gasteiger partial charge in [0.25, 0.3) is 0 Å². The third-order valence-electron chi connectivity index (χ3n) is 4.79. The molecular weight excluding hydrogens is 286 g/mol. The van der Waals surface area contributed by atoms with Gasteiger partial charge in [-0.2, -0.15) is 0 Å². The summed E-state index contributed by atoms with van der Waals surface area (Å²) in [6.45, 7) is 4.03. The number of benzene rings is 1. The van der Waals surface area contributed by atoms with E-state index in [4.69, 9.17) is 4.74 Å². The van der Waals surface area contributed by atoms with Gasteiger partial charge in [-0.1, -0.05) is 17.2 Å². The van der Waals surface area contributed by atoms with Crippen LogP contribution in [0.2, 0.25) is 0 Å². The summed E-state index contributed by atoms with van der Waals surface area (Å²) in [5, 5.41) is 0. The van der Waals surface area contributed by atoms with Crippen LogP contribution in [0.1, 0.15) is 47.2 Å². The predicted octanol–water partition coefficient (Wildman–Crippen LogP) is 3.51. The first-order valence-corrected chi connectivity index (χ1v) is 7.54. The van der Waals surface area contributed by atoms with E-state index in [1.165, 1.54) is 12.8 Å². The molecule has 0 N–H and O–H groups in total. The standard InChI is InChI=1S/C17H23NO2.ClH/c1-11-6-12(2)8-13(7-11)17(19)20-16-9-14-4-5-15(10-16)18(14)3;/h6-8,14-16H,4-5,9-10H2,1-3H3;1H. The van der Waals surface area contributed by atoms with Crippen LogP contribution in [0.4, 0.5) is 0 Å². The van der Waals surface area contributed by atoms with Crippen LogP contribution < -0.4 is 0 Å². The molecule has 0 saturated carbocycles. The number of fused-ring (bicyclic) bond motifs is 2. The van der Waals surface area contributed by atoms with E-state index in [0.29, 0.717) is 17.6 Å². The van der Waals surface area contributed by atoms with Gasteiger partial charge in [-0.15, -0.1) is 12.4 Å². The monoisotopic (exact) mass is 309 g/mol. The van der Waals surface area contributed by atoms with Crippen molar-refractivity contribution in [3.05, 3.63) is 34.9 Å². The average Bonchev–Trinajstić information content (AvgIpc) is 2.61. The highest BCUT2D eigenvalue weighted by molar-refractivity contribution is 5.90. The van der Waals surface area contributed by atoms with Gasteiger partial charge in [-0.25, -0.2) is 4.79 Å². The molecule has 2 unspecified atom stereocenters. The van der Waals surface area contributed by atoms with E-state index in [1.807, 2.05) is 26.0 Å². The highest BCUT2D eigenvalue weighted by Crippen LogP contribution is 2.35. The summed E-state index contributed by atoms with van der Waals surface area (Å²) in [5.41, 5.74) is 2.91. The lowest BCUT2D eigenvalue weighted by Gasteiger charge is -2.35. The molecule has 2 atom stereocenters. The first kappa shape index (κ1) is 16.3. The van der Waals surface area contributed by atoms with Crippen molar-refractivity contribution in [3.8, 4) is 0 Å². The minimum Gasteiger partial charge on any atom is -0.459 e. The van der Waals surface area contributed by atoms with E-state index in [-0.39, 0.29) is 24.5 Å². The molecule has 2 fully saturated rings. The molecule has 0 radical (unpaired) electrons. The number of ether oxygens (including phenoxy) is 1. The Bertz CT molecular complexity index is 497. The van der Waals surface area contributed by atoms with Crippen molar-refractivity contribution in [2.75, 3.05) is 7.05 Å². The second kappa shape index (κ2) is 6.37. The number of esters is 1. The lowest BCUT2D eigenvalue weighted by Crippen LogP contribution is -2.43. The Labute approximate surface area is 133 Å². The number of hydrogen-bond donors (Lipinski definition) is 0. The summed E-state index contributed by atoms with van der Waals surface area (Å²) in [4.78, 5) is 14.8. The molecule has 3 nitrogen and oxygen atoms in total. The largest absolute Gasteiger partial charge is 0.459 e. The number of rotatable bonds is 2. The van der Waals surface area contributed by atoms with Crippen LogP contribution in [0, 0.1) is 13.8 Å². The molecule has 0 amide bonds. The average molecular weight is 310 g/mol. The number of piperidine rings is 1. The fourth-order valence-electron chi connectivity index (χ4n) is 3.77. The maximum atomic E-state index is 12.3. The minimum absolute atomic E-state index is 0. The topological polar surface area (TPSA) is 29.5 Å². The quantitative estimate of drug-likeness (QED) is 0.783. The maximum absolute atomic E-state index is 12.3. The summed E-state index contributed by atoms with van der Waals surface area (Å²) >= 11 is 0. The molecule has 1 aromatic rings. The van der Waals surface area contributed by atoms with Crippen molar-refractivity contribution < 1.29 is 9.53 Å². The zero-order valence-electron chi connectivity index (χ0n) is 13.0. The highest BCUT2D eigenvalue weighted by atomic mass is 35.5. The fraction of sp³-hybridized carbons (Fsp3) is 0.588.